The molecule has 0 spiro atoms. The summed E-state index contributed by atoms with van der Waals surface area (Å²) in [5.41, 5.74) is 0.857. The van der Waals surface area contributed by atoms with Crippen LogP contribution in [0.1, 0.15) is 29.0 Å². The number of nitrogens with zero attached hydrogens (tertiary/aromatic N) is 4. The smallest absolute Gasteiger partial charge is 0.356 e. The summed E-state index contributed by atoms with van der Waals surface area (Å²) in [6.07, 6.45) is 3.95. The predicted molar refractivity (Wildman–Crippen MR) is 80.5 cm³/mol. The summed E-state index contributed by atoms with van der Waals surface area (Å²) < 4.78 is 35.1. The number of carbonyl (C=O) groups excluding carboxylic acids is 1. The summed E-state index contributed by atoms with van der Waals surface area (Å²) in [5, 5.41) is 8.11. The van der Waals surface area contributed by atoms with Gasteiger partial charge in [-0.05, 0) is 19.3 Å². The van der Waals surface area contributed by atoms with E-state index in [1.165, 1.54) is 31.1 Å². The first-order valence-corrected chi connectivity index (χ1v) is 8.60. The maximum absolute atomic E-state index is 12.6. The van der Waals surface area contributed by atoms with Crippen molar-refractivity contribution in [3.8, 4) is 0 Å². The molecule has 0 aliphatic carbocycles. The fraction of sp³-hybridized carbons (Fsp3) is 0.462. The Hall–Kier alpha value is -2.36. The Bertz CT molecular complexity index is 852. The van der Waals surface area contributed by atoms with Crippen LogP contribution in [-0.2, 0) is 34.8 Å². The molecule has 10 heteroatoms. The van der Waals surface area contributed by atoms with E-state index in [2.05, 4.69) is 19.7 Å². The van der Waals surface area contributed by atoms with E-state index in [1.54, 1.807) is 4.68 Å². The number of hydrogen-bond acceptors (Lipinski definition) is 6. The minimum absolute atomic E-state index is 0.0589. The summed E-state index contributed by atoms with van der Waals surface area (Å²) in [6, 6.07) is 1.33. The Morgan fingerprint density at radius 2 is 2.17 bits per heavy atom. The molecule has 0 aromatic carbocycles. The van der Waals surface area contributed by atoms with Gasteiger partial charge in [-0.25, -0.2) is 13.2 Å². The van der Waals surface area contributed by atoms with Crippen molar-refractivity contribution in [1.82, 2.24) is 19.6 Å². The summed E-state index contributed by atoms with van der Waals surface area (Å²) >= 11 is 0. The number of hydrogen-bond donors (Lipinski definition) is 1. The van der Waals surface area contributed by atoms with Crippen LogP contribution in [0.5, 0.6) is 0 Å². The number of carbonyl (C=O) groups is 1. The normalized spacial score (nSPS) is 14.3. The van der Waals surface area contributed by atoms with Gasteiger partial charge in [-0.3, -0.25) is 14.1 Å². The second kappa shape index (κ2) is 5.69. The molecule has 3 rings (SSSR count). The molecule has 0 radical (unpaired) electrons. The molecule has 0 bridgehead atoms. The van der Waals surface area contributed by atoms with Crippen LogP contribution in [0, 0.1) is 0 Å². The number of rotatable bonds is 4. The van der Waals surface area contributed by atoms with Gasteiger partial charge in [0.15, 0.2) is 5.82 Å². The van der Waals surface area contributed by atoms with Crippen molar-refractivity contribution < 1.29 is 17.9 Å². The van der Waals surface area contributed by atoms with Gasteiger partial charge in [-0.1, -0.05) is 0 Å². The molecule has 0 amide bonds. The molecular formula is C13H17N5O4S. The van der Waals surface area contributed by atoms with Crippen molar-refractivity contribution in [2.24, 2.45) is 7.05 Å². The molecular weight excluding hydrogens is 322 g/mol. The molecule has 0 saturated heterocycles. The van der Waals surface area contributed by atoms with Gasteiger partial charge >= 0.3 is 5.97 Å². The molecule has 1 aliphatic rings. The van der Waals surface area contributed by atoms with Gasteiger partial charge in [0.05, 0.1) is 19.0 Å². The Balaban J connectivity index is 1.90. The molecule has 23 heavy (non-hydrogen) atoms. The van der Waals surface area contributed by atoms with Crippen molar-refractivity contribution in [2.75, 3.05) is 11.8 Å². The van der Waals surface area contributed by atoms with Crippen molar-refractivity contribution in [1.29, 1.82) is 0 Å². The van der Waals surface area contributed by atoms with Crippen LogP contribution in [0.15, 0.2) is 17.2 Å². The molecule has 1 N–H and O–H groups in total. The van der Waals surface area contributed by atoms with E-state index >= 15 is 0 Å². The second-order valence-corrected chi connectivity index (χ2v) is 6.92. The lowest BCUT2D eigenvalue weighted by Crippen LogP contribution is -2.18. The van der Waals surface area contributed by atoms with Gasteiger partial charge in [-0.2, -0.15) is 10.2 Å². The number of esters is 1. The number of methoxy groups -OCH3 is 1. The van der Waals surface area contributed by atoms with Crippen molar-refractivity contribution in [2.45, 2.75) is 30.7 Å². The first-order valence-electron chi connectivity index (χ1n) is 7.12. The van der Waals surface area contributed by atoms with Crippen LogP contribution in [0.4, 0.5) is 5.82 Å². The topological polar surface area (TPSA) is 108 Å². The SMILES string of the molecule is COC(=O)c1cc(NS(=O)(=O)c2cnn3c2CCCC3)nn1C. The molecule has 3 heterocycles. The number of fused-ring (bicyclic) bond motifs is 1. The Morgan fingerprint density at radius 3 is 2.91 bits per heavy atom. The summed E-state index contributed by atoms with van der Waals surface area (Å²) in [6.45, 7) is 0.723. The van der Waals surface area contributed by atoms with Crippen molar-refractivity contribution >= 4 is 21.8 Å². The highest BCUT2D eigenvalue weighted by molar-refractivity contribution is 7.92. The molecule has 0 fully saturated rings. The summed E-state index contributed by atoms with van der Waals surface area (Å²) in [4.78, 5) is 11.7. The van der Waals surface area contributed by atoms with Crippen LogP contribution in [0.2, 0.25) is 0 Å². The fourth-order valence-corrected chi connectivity index (χ4v) is 3.81. The first-order chi connectivity index (χ1) is 10.9. The largest absolute Gasteiger partial charge is 0.464 e. The lowest BCUT2D eigenvalue weighted by molar-refractivity contribution is 0.0588. The lowest BCUT2D eigenvalue weighted by Gasteiger charge is -2.14. The van der Waals surface area contributed by atoms with Crippen LogP contribution >= 0.6 is 0 Å². The number of aromatic nitrogens is 4. The zero-order valence-corrected chi connectivity index (χ0v) is 13.6. The quantitative estimate of drug-likeness (QED) is 0.815. The highest BCUT2D eigenvalue weighted by Gasteiger charge is 2.26. The summed E-state index contributed by atoms with van der Waals surface area (Å²) in [5.74, 6) is -0.531. The number of nitrogens with one attached hydrogen (secondary N) is 1. The molecule has 124 valence electrons. The van der Waals surface area contributed by atoms with Crippen LogP contribution in [0.3, 0.4) is 0 Å². The molecule has 9 nitrogen and oxygen atoms in total. The molecule has 0 atom stereocenters. The van der Waals surface area contributed by atoms with Crippen LogP contribution in [0.25, 0.3) is 0 Å². The van der Waals surface area contributed by atoms with E-state index in [0.717, 1.165) is 19.4 Å². The van der Waals surface area contributed by atoms with Crippen molar-refractivity contribution in [3.63, 3.8) is 0 Å². The molecule has 0 unspecified atom stereocenters. The zero-order valence-electron chi connectivity index (χ0n) is 12.8. The van der Waals surface area contributed by atoms with Crippen LogP contribution < -0.4 is 4.72 Å². The monoisotopic (exact) mass is 339 g/mol. The first kappa shape index (κ1) is 15.5. The van der Waals surface area contributed by atoms with Gasteiger partial charge in [0, 0.05) is 19.7 Å². The van der Waals surface area contributed by atoms with Gasteiger partial charge in [0.1, 0.15) is 10.6 Å². The van der Waals surface area contributed by atoms with Gasteiger partial charge in [-0.15, -0.1) is 0 Å². The lowest BCUT2D eigenvalue weighted by atomic mass is 10.1. The minimum Gasteiger partial charge on any atom is -0.464 e. The van der Waals surface area contributed by atoms with E-state index < -0.39 is 16.0 Å². The van der Waals surface area contributed by atoms with Gasteiger partial charge < -0.3 is 4.74 Å². The predicted octanol–water partition coefficient (Wildman–Crippen LogP) is 0.540. The van der Waals surface area contributed by atoms with E-state index in [1.807, 2.05) is 0 Å². The van der Waals surface area contributed by atoms with E-state index in [-0.39, 0.29) is 16.4 Å². The fourth-order valence-electron chi connectivity index (χ4n) is 2.62. The third kappa shape index (κ3) is 2.81. The highest BCUT2D eigenvalue weighted by Crippen LogP contribution is 2.24. The third-order valence-electron chi connectivity index (χ3n) is 3.75. The number of anilines is 1. The average Bonchev–Trinajstić information content (AvgIpc) is 3.10. The van der Waals surface area contributed by atoms with Crippen LogP contribution in [-0.4, -0.2) is 41.1 Å². The average molecular weight is 339 g/mol. The standard InChI is InChI=1S/C13H17N5O4S/c1-17-10(13(19)22-2)7-12(15-17)16-23(20,21)11-8-14-18-6-4-3-5-9(11)18/h7-8H,3-6H2,1-2H3,(H,15,16). The summed E-state index contributed by atoms with van der Waals surface area (Å²) in [7, 11) is -1.03. The Morgan fingerprint density at radius 1 is 1.39 bits per heavy atom. The maximum atomic E-state index is 12.6. The Labute approximate surface area is 133 Å². The minimum atomic E-state index is -3.81. The van der Waals surface area contributed by atoms with E-state index in [0.29, 0.717) is 12.1 Å². The maximum Gasteiger partial charge on any atom is 0.356 e. The Kier molecular flexibility index (Phi) is 3.84. The molecule has 1 aliphatic heterocycles. The molecule has 2 aromatic heterocycles. The number of aryl methyl sites for hydroxylation is 2. The molecule has 0 saturated carbocycles. The zero-order chi connectivity index (χ0) is 16.6. The molecule has 2 aromatic rings. The third-order valence-corrected chi connectivity index (χ3v) is 5.14. The van der Waals surface area contributed by atoms with Crippen molar-refractivity contribution in [3.05, 3.63) is 23.7 Å². The van der Waals surface area contributed by atoms with E-state index in [9.17, 15) is 13.2 Å². The number of ether oxygens (including phenoxy) is 1. The van der Waals surface area contributed by atoms with Gasteiger partial charge in [0.25, 0.3) is 10.0 Å². The number of sulfonamides is 1. The highest BCUT2D eigenvalue weighted by atomic mass is 32.2. The van der Waals surface area contributed by atoms with Gasteiger partial charge in [0.2, 0.25) is 0 Å². The second-order valence-electron chi connectivity index (χ2n) is 5.27. The van der Waals surface area contributed by atoms with E-state index in [4.69, 9.17) is 0 Å².